The minimum Gasteiger partial charge on any atom is -0.303 e. The average Bonchev–Trinajstić information content (AvgIpc) is 2.12. The summed E-state index contributed by atoms with van der Waals surface area (Å²) in [4.78, 5) is 9.93. The van der Waals surface area contributed by atoms with Crippen LogP contribution in [0.15, 0.2) is 24.3 Å². The van der Waals surface area contributed by atoms with Gasteiger partial charge in [-0.3, -0.25) is 0 Å². The monoisotopic (exact) mass is 182 g/mol. The van der Waals surface area contributed by atoms with E-state index in [9.17, 15) is 13.6 Å². The molecule has 1 rings (SSSR count). The van der Waals surface area contributed by atoms with Crippen molar-refractivity contribution in [3.8, 4) is 0 Å². The van der Waals surface area contributed by atoms with Crippen molar-refractivity contribution in [2.45, 2.75) is 6.42 Å². The smallest absolute Gasteiger partial charge is 0.159 e. The summed E-state index contributed by atoms with van der Waals surface area (Å²) in [6, 6.07) is 3.58. The lowest BCUT2D eigenvalue weighted by atomic mass is 10.2. The Morgan fingerprint density at radius 1 is 1.23 bits per heavy atom. The molecule has 1 aromatic carbocycles. The number of hydrogen-bond donors (Lipinski definition) is 0. The highest BCUT2D eigenvalue weighted by atomic mass is 19.2. The molecule has 0 aliphatic heterocycles. The van der Waals surface area contributed by atoms with Crippen molar-refractivity contribution in [2.75, 3.05) is 0 Å². The molecule has 0 radical (unpaired) electrons. The third-order valence-electron chi connectivity index (χ3n) is 1.49. The third-order valence-corrected chi connectivity index (χ3v) is 1.49. The van der Waals surface area contributed by atoms with Crippen LogP contribution >= 0.6 is 0 Å². The molecule has 0 unspecified atom stereocenters. The van der Waals surface area contributed by atoms with Crippen LogP contribution in [0.3, 0.4) is 0 Å². The maximum atomic E-state index is 12.6. The van der Waals surface area contributed by atoms with E-state index >= 15 is 0 Å². The Hall–Kier alpha value is -1.51. The van der Waals surface area contributed by atoms with Crippen LogP contribution in [0.2, 0.25) is 0 Å². The Bertz CT molecular complexity index is 332. The first-order valence-electron chi connectivity index (χ1n) is 3.79. The molecule has 0 heterocycles. The Morgan fingerprint density at radius 2 is 2.00 bits per heavy atom. The van der Waals surface area contributed by atoms with E-state index in [1.54, 1.807) is 12.2 Å². The average molecular weight is 182 g/mol. The van der Waals surface area contributed by atoms with Gasteiger partial charge < -0.3 is 4.79 Å². The largest absolute Gasteiger partial charge is 0.303 e. The van der Waals surface area contributed by atoms with E-state index in [2.05, 4.69) is 0 Å². The normalized spacial score (nSPS) is 10.6. The lowest BCUT2D eigenvalue weighted by Crippen LogP contribution is -1.83. The number of rotatable bonds is 3. The van der Waals surface area contributed by atoms with Crippen LogP contribution < -0.4 is 0 Å². The highest BCUT2D eigenvalue weighted by molar-refractivity contribution is 5.57. The van der Waals surface area contributed by atoms with E-state index < -0.39 is 11.6 Å². The predicted molar refractivity (Wildman–Crippen MR) is 46.1 cm³/mol. The minimum absolute atomic E-state index is 0.277. The van der Waals surface area contributed by atoms with E-state index in [1.165, 1.54) is 6.07 Å². The summed E-state index contributed by atoms with van der Waals surface area (Å²) in [7, 11) is 0. The van der Waals surface area contributed by atoms with E-state index in [0.717, 1.165) is 18.4 Å². The van der Waals surface area contributed by atoms with Gasteiger partial charge in [-0.1, -0.05) is 18.2 Å². The minimum atomic E-state index is -0.881. The van der Waals surface area contributed by atoms with Crippen molar-refractivity contribution < 1.29 is 13.6 Å². The molecule has 0 aliphatic carbocycles. The molecule has 13 heavy (non-hydrogen) atoms. The fraction of sp³-hybridized carbons (Fsp3) is 0.100. The first kappa shape index (κ1) is 9.58. The zero-order valence-electron chi connectivity index (χ0n) is 6.84. The molecule has 1 aromatic rings. The molecule has 0 N–H and O–H groups in total. The first-order chi connectivity index (χ1) is 6.24. The van der Waals surface area contributed by atoms with E-state index in [-0.39, 0.29) is 6.42 Å². The SMILES string of the molecule is O=CC/C=C/c1ccc(F)c(F)c1. The van der Waals surface area contributed by atoms with Crippen LogP contribution in [0.5, 0.6) is 0 Å². The molecule has 0 aromatic heterocycles. The molecule has 0 fully saturated rings. The summed E-state index contributed by atoms with van der Waals surface area (Å²) in [5.74, 6) is -1.75. The van der Waals surface area contributed by atoms with Gasteiger partial charge in [0, 0.05) is 6.42 Å². The summed E-state index contributed by atoms with van der Waals surface area (Å²) >= 11 is 0. The van der Waals surface area contributed by atoms with Crippen molar-refractivity contribution in [1.82, 2.24) is 0 Å². The first-order valence-corrected chi connectivity index (χ1v) is 3.79. The van der Waals surface area contributed by atoms with Gasteiger partial charge >= 0.3 is 0 Å². The van der Waals surface area contributed by atoms with Crippen LogP contribution in [-0.2, 0) is 4.79 Å². The number of carbonyl (C=O) groups excluding carboxylic acids is 1. The number of carbonyl (C=O) groups is 1. The molecule has 68 valence electrons. The van der Waals surface area contributed by atoms with E-state index in [1.807, 2.05) is 0 Å². The van der Waals surface area contributed by atoms with Gasteiger partial charge in [0.2, 0.25) is 0 Å². The van der Waals surface area contributed by atoms with Gasteiger partial charge in [-0.25, -0.2) is 8.78 Å². The van der Waals surface area contributed by atoms with Crippen molar-refractivity contribution in [1.29, 1.82) is 0 Å². The summed E-state index contributed by atoms with van der Waals surface area (Å²) < 4.78 is 25.0. The number of hydrogen-bond acceptors (Lipinski definition) is 1. The topological polar surface area (TPSA) is 17.1 Å². The fourth-order valence-electron chi connectivity index (χ4n) is 0.876. The second kappa shape index (κ2) is 4.50. The Balaban J connectivity index is 2.79. The molecule has 0 amide bonds. The van der Waals surface area contributed by atoms with Crippen molar-refractivity contribution >= 4 is 12.4 Å². The van der Waals surface area contributed by atoms with Crippen LogP contribution in [0.25, 0.3) is 6.08 Å². The highest BCUT2D eigenvalue weighted by Gasteiger charge is 1.99. The van der Waals surface area contributed by atoms with Crippen molar-refractivity contribution in [3.05, 3.63) is 41.5 Å². The molecular weight excluding hydrogens is 174 g/mol. The summed E-state index contributed by atoms with van der Waals surface area (Å²) in [6.45, 7) is 0. The zero-order valence-corrected chi connectivity index (χ0v) is 6.84. The number of halogens is 2. The fourth-order valence-corrected chi connectivity index (χ4v) is 0.876. The zero-order chi connectivity index (χ0) is 9.68. The Labute approximate surface area is 74.7 Å². The van der Waals surface area contributed by atoms with Gasteiger partial charge in [0.25, 0.3) is 0 Å². The quantitative estimate of drug-likeness (QED) is 0.656. The molecule has 0 saturated carbocycles. The van der Waals surface area contributed by atoms with Crippen LogP contribution in [0.1, 0.15) is 12.0 Å². The second-order valence-corrected chi connectivity index (χ2v) is 2.48. The van der Waals surface area contributed by atoms with Crippen LogP contribution in [0, 0.1) is 11.6 Å². The van der Waals surface area contributed by atoms with Gasteiger partial charge in [-0.05, 0) is 17.7 Å². The van der Waals surface area contributed by atoms with Gasteiger partial charge in [0.05, 0.1) is 0 Å². The highest BCUT2D eigenvalue weighted by Crippen LogP contribution is 2.09. The number of benzene rings is 1. The predicted octanol–water partition coefficient (Wildman–Crippen LogP) is 2.57. The van der Waals surface area contributed by atoms with E-state index in [0.29, 0.717) is 5.56 Å². The molecule has 0 aliphatic rings. The summed E-state index contributed by atoms with van der Waals surface area (Å²) in [5, 5.41) is 0. The lowest BCUT2D eigenvalue weighted by molar-refractivity contribution is -0.107. The lowest BCUT2D eigenvalue weighted by Gasteiger charge is -1.94. The molecular formula is C10H8F2O. The summed E-state index contributed by atoms with van der Waals surface area (Å²) in [5.41, 5.74) is 0.542. The number of allylic oxidation sites excluding steroid dienone is 1. The third kappa shape index (κ3) is 2.78. The maximum absolute atomic E-state index is 12.6. The van der Waals surface area contributed by atoms with Gasteiger partial charge in [0.1, 0.15) is 6.29 Å². The second-order valence-electron chi connectivity index (χ2n) is 2.48. The van der Waals surface area contributed by atoms with Gasteiger partial charge in [-0.15, -0.1) is 0 Å². The molecule has 0 bridgehead atoms. The van der Waals surface area contributed by atoms with Crippen molar-refractivity contribution in [3.63, 3.8) is 0 Å². The molecule has 0 saturated heterocycles. The van der Waals surface area contributed by atoms with Gasteiger partial charge in [-0.2, -0.15) is 0 Å². The summed E-state index contributed by atoms with van der Waals surface area (Å²) in [6.07, 6.45) is 4.16. The molecule has 1 nitrogen and oxygen atoms in total. The van der Waals surface area contributed by atoms with Crippen molar-refractivity contribution in [2.24, 2.45) is 0 Å². The van der Waals surface area contributed by atoms with E-state index in [4.69, 9.17) is 0 Å². The van der Waals surface area contributed by atoms with Gasteiger partial charge in [0.15, 0.2) is 11.6 Å². The van der Waals surface area contributed by atoms with Crippen LogP contribution in [0.4, 0.5) is 8.78 Å². The van der Waals surface area contributed by atoms with Crippen LogP contribution in [-0.4, -0.2) is 6.29 Å². The molecule has 0 spiro atoms. The maximum Gasteiger partial charge on any atom is 0.159 e. The number of aldehydes is 1. The molecule has 3 heteroatoms. The standard InChI is InChI=1S/C10H8F2O/c11-9-5-4-8(7-10(9)12)3-1-2-6-13/h1,3-7H,2H2/b3-1+. The molecule has 0 atom stereocenters. The Kier molecular flexibility index (Phi) is 3.31. The Morgan fingerprint density at radius 3 is 2.62 bits per heavy atom.